The highest BCUT2D eigenvalue weighted by molar-refractivity contribution is 5.79. The van der Waals surface area contributed by atoms with Crippen molar-refractivity contribution in [2.24, 2.45) is 5.41 Å². The summed E-state index contributed by atoms with van der Waals surface area (Å²) in [7, 11) is 0. The van der Waals surface area contributed by atoms with Crippen molar-refractivity contribution in [3.8, 4) is 0 Å². The van der Waals surface area contributed by atoms with Gasteiger partial charge in [0.15, 0.2) is 0 Å². The normalized spacial score (nSPS) is 31.3. The lowest BCUT2D eigenvalue weighted by molar-refractivity contribution is -0.172. The average Bonchev–Trinajstić information content (AvgIpc) is 2.39. The van der Waals surface area contributed by atoms with Crippen molar-refractivity contribution in [1.82, 2.24) is 4.90 Å². The van der Waals surface area contributed by atoms with Crippen LogP contribution in [0.5, 0.6) is 0 Å². The van der Waals surface area contributed by atoms with Crippen molar-refractivity contribution in [2.45, 2.75) is 63.3 Å². The molecule has 0 bridgehead atoms. The Morgan fingerprint density at radius 2 is 1.47 bits per heavy atom. The highest BCUT2D eigenvalue weighted by Gasteiger charge is 2.56. The van der Waals surface area contributed by atoms with Crippen molar-refractivity contribution in [1.29, 1.82) is 0 Å². The summed E-state index contributed by atoms with van der Waals surface area (Å²) in [6, 6.07) is 0. The second-order valence-corrected chi connectivity index (χ2v) is 6.46. The Morgan fingerprint density at radius 3 is 1.88 bits per heavy atom. The van der Waals surface area contributed by atoms with E-state index in [2.05, 4.69) is 4.90 Å². The van der Waals surface area contributed by atoms with E-state index < -0.39 is 11.5 Å². The van der Waals surface area contributed by atoms with Crippen molar-refractivity contribution in [2.75, 3.05) is 13.1 Å². The van der Waals surface area contributed by atoms with Gasteiger partial charge in [0.1, 0.15) is 5.54 Å². The van der Waals surface area contributed by atoms with E-state index in [0.29, 0.717) is 5.41 Å². The standard InChI is InChI=1S/C14H23NO2/c16-12(17)14(8-3-1-2-4-9-14)15-10-13(11-15)6-5-7-13/h1-11H2,(H,16,17). The molecule has 0 aromatic carbocycles. The van der Waals surface area contributed by atoms with Gasteiger partial charge in [-0.2, -0.15) is 0 Å². The van der Waals surface area contributed by atoms with E-state index in [4.69, 9.17) is 0 Å². The highest BCUT2D eigenvalue weighted by atomic mass is 16.4. The van der Waals surface area contributed by atoms with E-state index in [9.17, 15) is 9.90 Å². The molecule has 1 heterocycles. The summed E-state index contributed by atoms with van der Waals surface area (Å²) < 4.78 is 0. The zero-order valence-corrected chi connectivity index (χ0v) is 10.6. The molecule has 0 radical (unpaired) electrons. The van der Waals surface area contributed by atoms with Crippen LogP contribution in [0.2, 0.25) is 0 Å². The average molecular weight is 237 g/mol. The maximum Gasteiger partial charge on any atom is 0.324 e. The molecule has 3 aliphatic rings. The van der Waals surface area contributed by atoms with Crippen LogP contribution in [0, 0.1) is 5.41 Å². The van der Waals surface area contributed by atoms with Crippen LogP contribution in [0.3, 0.4) is 0 Å². The van der Waals surface area contributed by atoms with E-state index in [1.54, 1.807) is 0 Å². The third kappa shape index (κ3) is 1.70. The SMILES string of the molecule is O=C(O)C1(N2CC3(CCC3)C2)CCCCCC1. The molecule has 1 N–H and O–H groups in total. The van der Waals surface area contributed by atoms with Crippen LogP contribution in [0.25, 0.3) is 0 Å². The summed E-state index contributed by atoms with van der Waals surface area (Å²) in [5.74, 6) is -0.562. The second-order valence-electron chi connectivity index (χ2n) is 6.46. The Hall–Kier alpha value is -0.570. The fraction of sp³-hybridized carbons (Fsp3) is 0.929. The minimum atomic E-state index is -0.562. The molecule has 0 aromatic heterocycles. The van der Waals surface area contributed by atoms with Crippen LogP contribution in [0.4, 0.5) is 0 Å². The van der Waals surface area contributed by atoms with Gasteiger partial charge in [-0.25, -0.2) is 0 Å². The molecule has 0 unspecified atom stereocenters. The smallest absolute Gasteiger partial charge is 0.324 e. The van der Waals surface area contributed by atoms with Crippen molar-refractivity contribution < 1.29 is 9.90 Å². The van der Waals surface area contributed by atoms with E-state index in [1.165, 1.54) is 32.1 Å². The third-order valence-corrected chi connectivity index (χ3v) is 5.40. The van der Waals surface area contributed by atoms with Gasteiger partial charge in [0, 0.05) is 13.1 Å². The Bertz CT molecular complexity index is 306. The number of carboxylic acids is 1. The maximum atomic E-state index is 11.7. The second kappa shape index (κ2) is 3.98. The summed E-state index contributed by atoms with van der Waals surface area (Å²) in [6.45, 7) is 2.11. The minimum Gasteiger partial charge on any atom is -0.480 e. The Kier molecular flexibility index (Phi) is 2.69. The number of carboxylic acid groups (broad SMARTS) is 1. The van der Waals surface area contributed by atoms with Gasteiger partial charge in [-0.15, -0.1) is 0 Å². The first-order chi connectivity index (χ1) is 8.17. The van der Waals surface area contributed by atoms with Crippen LogP contribution < -0.4 is 0 Å². The molecule has 1 aliphatic heterocycles. The topological polar surface area (TPSA) is 40.5 Å². The van der Waals surface area contributed by atoms with Gasteiger partial charge >= 0.3 is 5.97 Å². The first-order valence-electron chi connectivity index (χ1n) is 7.16. The summed E-state index contributed by atoms with van der Waals surface area (Å²) in [5, 5.41) is 9.67. The van der Waals surface area contributed by atoms with Crippen molar-refractivity contribution in [3.63, 3.8) is 0 Å². The number of likely N-dealkylation sites (tertiary alicyclic amines) is 1. The Balaban J connectivity index is 1.73. The fourth-order valence-electron chi connectivity index (χ4n) is 4.04. The highest BCUT2D eigenvalue weighted by Crippen LogP contribution is 2.52. The summed E-state index contributed by atoms with van der Waals surface area (Å²) in [6.07, 6.45) is 10.4. The van der Waals surface area contributed by atoms with Gasteiger partial charge in [0.25, 0.3) is 0 Å². The number of aliphatic carboxylic acids is 1. The van der Waals surface area contributed by atoms with E-state index in [0.717, 1.165) is 38.8 Å². The predicted octanol–water partition coefficient (Wildman–Crippen LogP) is 2.65. The van der Waals surface area contributed by atoms with Gasteiger partial charge < -0.3 is 5.11 Å². The third-order valence-electron chi connectivity index (χ3n) is 5.40. The van der Waals surface area contributed by atoms with E-state index >= 15 is 0 Å². The number of rotatable bonds is 2. The maximum absolute atomic E-state index is 11.7. The number of carbonyl (C=O) groups is 1. The first-order valence-corrected chi connectivity index (χ1v) is 7.16. The van der Waals surface area contributed by atoms with Crippen LogP contribution >= 0.6 is 0 Å². The summed E-state index contributed by atoms with van der Waals surface area (Å²) in [5.41, 5.74) is 0.0338. The molecule has 2 saturated carbocycles. The molecule has 96 valence electrons. The lowest BCUT2D eigenvalue weighted by Gasteiger charge is -2.61. The van der Waals surface area contributed by atoms with Crippen LogP contribution in [0.1, 0.15) is 57.8 Å². The lowest BCUT2D eigenvalue weighted by atomic mass is 9.61. The fourth-order valence-corrected chi connectivity index (χ4v) is 4.04. The monoisotopic (exact) mass is 237 g/mol. The molecule has 2 aliphatic carbocycles. The van der Waals surface area contributed by atoms with Gasteiger partial charge in [-0.3, -0.25) is 9.69 Å². The molecule has 0 amide bonds. The Labute approximate surface area is 103 Å². The molecule has 3 heteroatoms. The molecule has 1 saturated heterocycles. The van der Waals surface area contributed by atoms with Gasteiger partial charge in [-0.1, -0.05) is 32.1 Å². The molecule has 1 spiro atoms. The molecule has 17 heavy (non-hydrogen) atoms. The van der Waals surface area contributed by atoms with E-state index in [-0.39, 0.29) is 0 Å². The lowest BCUT2D eigenvalue weighted by Crippen LogP contribution is -2.69. The Morgan fingerprint density at radius 1 is 0.882 bits per heavy atom. The quantitative estimate of drug-likeness (QED) is 0.751. The largest absolute Gasteiger partial charge is 0.480 e. The number of hydrogen-bond acceptors (Lipinski definition) is 2. The minimum absolute atomic E-state index is 0.503. The van der Waals surface area contributed by atoms with Gasteiger partial charge in [0.05, 0.1) is 0 Å². The molecular weight excluding hydrogens is 214 g/mol. The van der Waals surface area contributed by atoms with Gasteiger partial charge in [-0.05, 0) is 31.1 Å². The molecule has 0 atom stereocenters. The number of nitrogens with zero attached hydrogens (tertiary/aromatic N) is 1. The molecule has 3 fully saturated rings. The van der Waals surface area contributed by atoms with Gasteiger partial charge in [0.2, 0.25) is 0 Å². The number of hydrogen-bond donors (Lipinski definition) is 1. The van der Waals surface area contributed by atoms with Crippen molar-refractivity contribution in [3.05, 3.63) is 0 Å². The van der Waals surface area contributed by atoms with E-state index in [1.807, 2.05) is 0 Å². The summed E-state index contributed by atoms with van der Waals surface area (Å²) >= 11 is 0. The first kappa shape index (κ1) is 11.5. The van der Waals surface area contributed by atoms with Crippen LogP contribution in [0.15, 0.2) is 0 Å². The van der Waals surface area contributed by atoms with Crippen LogP contribution in [-0.4, -0.2) is 34.6 Å². The molecule has 3 nitrogen and oxygen atoms in total. The van der Waals surface area contributed by atoms with Crippen LogP contribution in [-0.2, 0) is 4.79 Å². The molecular formula is C14H23NO2. The summed E-state index contributed by atoms with van der Waals surface area (Å²) in [4.78, 5) is 14.0. The zero-order chi connectivity index (χ0) is 11.9. The zero-order valence-electron chi connectivity index (χ0n) is 10.6. The molecule has 3 rings (SSSR count). The predicted molar refractivity (Wildman–Crippen MR) is 65.9 cm³/mol. The van der Waals surface area contributed by atoms with Crippen molar-refractivity contribution >= 4 is 5.97 Å². The molecule has 0 aromatic rings.